The Morgan fingerprint density at radius 3 is 2.82 bits per heavy atom. The summed E-state index contributed by atoms with van der Waals surface area (Å²) in [7, 11) is 4.02. The van der Waals surface area contributed by atoms with Gasteiger partial charge in [0.25, 0.3) is 0 Å². The topological polar surface area (TPSA) is 33.7 Å². The molecule has 2 rings (SSSR count). The standard InChI is InChI=1S/C13H20N2O2/c1-10(14-15(2)3)4-5-11-6-7-12-13(8-11)17-9-16-12/h6-8,10,14H,4-5,9H2,1-3H3. The van der Waals surface area contributed by atoms with Crippen LogP contribution in [0, 0.1) is 0 Å². The fourth-order valence-corrected chi connectivity index (χ4v) is 1.98. The summed E-state index contributed by atoms with van der Waals surface area (Å²) >= 11 is 0. The Labute approximate surface area is 102 Å². The lowest BCUT2D eigenvalue weighted by Crippen LogP contribution is -2.38. The third-order valence-corrected chi connectivity index (χ3v) is 2.78. The van der Waals surface area contributed by atoms with E-state index in [9.17, 15) is 0 Å². The van der Waals surface area contributed by atoms with Crippen LogP contribution in [0.1, 0.15) is 18.9 Å². The van der Waals surface area contributed by atoms with Crippen molar-refractivity contribution in [1.82, 2.24) is 10.4 Å². The lowest BCUT2D eigenvalue weighted by Gasteiger charge is -2.19. The highest BCUT2D eigenvalue weighted by atomic mass is 16.7. The Morgan fingerprint density at radius 2 is 2.06 bits per heavy atom. The van der Waals surface area contributed by atoms with Crippen LogP contribution in [-0.2, 0) is 6.42 Å². The van der Waals surface area contributed by atoms with Gasteiger partial charge in [-0.3, -0.25) is 10.4 Å². The van der Waals surface area contributed by atoms with E-state index in [0.717, 1.165) is 24.3 Å². The van der Waals surface area contributed by atoms with E-state index < -0.39 is 0 Å². The van der Waals surface area contributed by atoms with Gasteiger partial charge in [-0.1, -0.05) is 6.07 Å². The van der Waals surface area contributed by atoms with Crippen LogP contribution in [0.2, 0.25) is 0 Å². The van der Waals surface area contributed by atoms with E-state index in [2.05, 4.69) is 24.5 Å². The summed E-state index contributed by atoms with van der Waals surface area (Å²) in [5.41, 5.74) is 4.64. The number of nitrogens with zero attached hydrogens (tertiary/aromatic N) is 1. The van der Waals surface area contributed by atoms with E-state index in [1.807, 2.05) is 25.2 Å². The predicted molar refractivity (Wildman–Crippen MR) is 67.2 cm³/mol. The molecule has 0 amide bonds. The highest BCUT2D eigenvalue weighted by Crippen LogP contribution is 2.32. The van der Waals surface area contributed by atoms with Crippen LogP contribution in [0.3, 0.4) is 0 Å². The molecular weight excluding hydrogens is 216 g/mol. The van der Waals surface area contributed by atoms with E-state index in [-0.39, 0.29) is 0 Å². The first-order chi connectivity index (χ1) is 8.15. The Kier molecular flexibility index (Phi) is 3.86. The minimum atomic E-state index is 0.345. The van der Waals surface area contributed by atoms with Gasteiger partial charge in [-0.2, -0.15) is 0 Å². The van der Waals surface area contributed by atoms with Crippen molar-refractivity contribution in [2.45, 2.75) is 25.8 Å². The number of ether oxygens (including phenoxy) is 2. The number of aryl methyl sites for hydroxylation is 1. The number of hydrazine groups is 1. The van der Waals surface area contributed by atoms with Gasteiger partial charge in [0.05, 0.1) is 0 Å². The number of benzene rings is 1. The normalized spacial score (nSPS) is 15.3. The van der Waals surface area contributed by atoms with Gasteiger partial charge < -0.3 is 9.47 Å². The SMILES string of the molecule is CC(CCc1ccc2c(c1)OCO2)NN(C)C. The van der Waals surface area contributed by atoms with Gasteiger partial charge in [0.2, 0.25) is 6.79 Å². The van der Waals surface area contributed by atoms with Gasteiger partial charge in [-0.15, -0.1) is 0 Å². The minimum Gasteiger partial charge on any atom is -0.454 e. The largest absolute Gasteiger partial charge is 0.454 e. The summed E-state index contributed by atoms with van der Waals surface area (Å²) in [6.07, 6.45) is 2.14. The molecule has 1 heterocycles. The highest BCUT2D eigenvalue weighted by molar-refractivity contribution is 5.44. The Hall–Kier alpha value is -1.26. The smallest absolute Gasteiger partial charge is 0.231 e. The number of fused-ring (bicyclic) bond motifs is 1. The maximum absolute atomic E-state index is 5.36. The molecule has 1 aliphatic rings. The molecule has 1 unspecified atom stereocenters. The molecule has 1 aliphatic heterocycles. The van der Waals surface area contributed by atoms with Crippen molar-refractivity contribution in [3.63, 3.8) is 0 Å². The quantitative estimate of drug-likeness (QED) is 0.790. The third-order valence-electron chi connectivity index (χ3n) is 2.78. The van der Waals surface area contributed by atoms with Crippen LogP contribution in [0.4, 0.5) is 0 Å². The van der Waals surface area contributed by atoms with E-state index in [0.29, 0.717) is 12.8 Å². The van der Waals surface area contributed by atoms with Gasteiger partial charge in [-0.05, 0) is 37.5 Å². The summed E-state index contributed by atoms with van der Waals surface area (Å²) in [5.74, 6) is 1.73. The second-order valence-electron chi connectivity index (χ2n) is 4.65. The van der Waals surface area contributed by atoms with Crippen molar-refractivity contribution in [2.75, 3.05) is 20.9 Å². The summed E-state index contributed by atoms with van der Waals surface area (Å²) in [6, 6.07) is 6.64. The van der Waals surface area contributed by atoms with Crippen molar-refractivity contribution in [3.8, 4) is 11.5 Å². The lowest BCUT2D eigenvalue weighted by molar-refractivity contribution is 0.174. The average Bonchev–Trinajstić information content (AvgIpc) is 2.72. The van der Waals surface area contributed by atoms with Crippen LogP contribution < -0.4 is 14.9 Å². The third kappa shape index (κ3) is 3.35. The molecule has 94 valence electrons. The molecular formula is C13H20N2O2. The molecule has 0 fully saturated rings. The second-order valence-corrected chi connectivity index (χ2v) is 4.65. The number of nitrogens with one attached hydrogen (secondary N) is 1. The molecule has 1 N–H and O–H groups in total. The zero-order valence-electron chi connectivity index (χ0n) is 10.7. The number of hydrogen-bond donors (Lipinski definition) is 1. The molecule has 1 atom stereocenters. The van der Waals surface area contributed by atoms with Crippen LogP contribution in [-0.4, -0.2) is 31.9 Å². The summed E-state index contributed by atoms with van der Waals surface area (Å²) in [6.45, 7) is 2.53. The van der Waals surface area contributed by atoms with Crippen molar-refractivity contribution < 1.29 is 9.47 Å². The summed E-state index contributed by atoms with van der Waals surface area (Å²) in [5, 5.41) is 1.99. The maximum atomic E-state index is 5.36. The van der Waals surface area contributed by atoms with Gasteiger partial charge >= 0.3 is 0 Å². The molecule has 0 spiro atoms. The summed E-state index contributed by atoms with van der Waals surface area (Å²) in [4.78, 5) is 0. The maximum Gasteiger partial charge on any atom is 0.231 e. The lowest BCUT2D eigenvalue weighted by atomic mass is 10.1. The zero-order valence-corrected chi connectivity index (χ0v) is 10.7. The van der Waals surface area contributed by atoms with Crippen LogP contribution in [0.25, 0.3) is 0 Å². The second kappa shape index (κ2) is 5.38. The first-order valence-corrected chi connectivity index (χ1v) is 5.97. The fraction of sp³-hybridized carbons (Fsp3) is 0.538. The molecule has 0 aromatic heterocycles. The minimum absolute atomic E-state index is 0.345. The molecule has 1 aromatic rings. The van der Waals surface area contributed by atoms with Gasteiger partial charge in [0, 0.05) is 20.1 Å². The number of rotatable bonds is 5. The molecule has 17 heavy (non-hydrogen) atoms. The first kappa shape index (κ1) is 12.2. The zero-order chi connectivity index (χ0) is 12.3. The molecule has 0 saturated carbocycles. The molecule has 1 aromatic carbocycles. The van der Waals surface area contributed by atoms with Crippen molar-refractivity contribution in [1.29, 1.82) is 0 Å². The molecule has 4 nitrogen and oxygen atoms in total. The molecule has 0 saturated heterocycles. The first-order valence-electron chi connectivity index (χ1n) is 5.97. The Morgan fingerprint density at radius 1 is 1.29 bits per heavy atom. The molecule has 0 aliphatic carbocycles. The van der Waals surface area contributed by atoms with E-state index in [1.165, 1.54) is 5.56 Å². The molecule has 0 radical (unpaired) electrons. The van der Waals surface area contributed by atoms with Crippen molar-refractivity contribution in [3.05, 3.63) is 23.8 Å². The van der Waals surface area contributed by atoms with Crippen molar-refractivity contribution >= 4 is 0 Å². The monoisotopic (exact) mass is 236 g/mol. The van der Waals surface area contributed by atoms with Crippen molar-refractivity contribution in [2.24, 2.45) is 0 Å². The fourth-order valence-electron chi connectivity index (χ4n) is 1.98. The van der Waals surface area contributed by atoms with E-state index in [1.54, 1.807) is 0 Å². The Balaban J connectivity index is 1.87. The van der Waals surface area contributed by atoms with Crippen LogP contribution >= 0.6 is 0 Å². The molecule has 4 heteroatoms. The average molecular weight is 236 g/mol. The Bertz CT molecular complexity index is 380. The molecule has 0 bridgehead atoms. The van der Waals surface area contributed by atoms with Gasteiger partial charge in [-0.25, -0.2) is 0 Å². The van der Waals surface area contributed by atoms with E-state index in [4.69, 9.17) is 9.47 Å². The van der Waals surface area contributed by atoms with Gasteiger partial charge in [0.15, 0.2) is 11.5 Å². The highest BCUT2D eigenvalue weighted by Gasteiger charge is 2.13. The van der Waals surface area contributed by atoms with Gasteiger partial charge in [0.1, 0.15) is 0 Å². The number of hydrogen-bond acceptors (Lipinski definition) is 4. The van der Waals surface area contributed by atoms with Crippen LogP contribution in [0.5, 0.6) is 11.5 Å². The van der Waals surface area contributed by atoms with Crippen LogP contribution in [0.15, 0.2) is 18.2 Å². The summed E-state index contributed by atoms with van der Waals surface area (Å²) < 4.78 is 10.7. The van der Waals surface area contributed by atoms with E-state index >= 15 is 0 Å². The predicted octanol–water partition coefficient (Wildman–Crippen LogP) is 1.80.